The van der Waals surface area contributed by atoms with E-state index in [4.69, 9.17) is 9.84 Å². The summed E-state index contributed by atoms with van der Waals surface area (Å²) in [4.78, 5) is 27.6. The van der Waals surface area contributed by atoms with Crippen LogP contribution in [0.15, 0.2) is 18.2 Å². The van der Waals surface area contributed by atoms with Crippen molar-refractivity contribution in [3.63, 3.8) is 0 Å². The molecule has 1 saturated heterocycles. The van der Waals surface area contributed by atoms with Crippen LogP contribution in [0.4, 0.5) is 8.78 Å². The van der Waals surface area contributed by atoms with Gasteiger partial charge in [-0.05, 0) is 26.0 Å². The smallest absolute Gasteiger partial charge is 0.317 e. The molecule has 8 heteroatoms. The molecule has 0 radical (unpaired) electrons. The quantitative estimate of drug-likeness (QED) is 0.797. The van der Waals surface area contributed by atoms with E-state index in [1.165, 1.54) is 12.1 Å². The molecule has 6 nitrogen and oxygen atoms in total. The number of likely N-dealkylation sites (N-methyl/N-ethyl adjacent to an activating group) is 1. The lowest BCUT2D eigenvalue weighted by molar-refractivity contribution is -0.147. The van der Waals surface area contributed by atoms with E-state index < -0.39 is 23.0 Å². The van der Waals surface area contributed by atoms with Crippen molar-refractivity contribution >= 4 is 11.9 Å². The molecule has 1 aromatic carbocycles. The fourth-order valence-electron chi connectivity index (χ4n) is 4.41. The molecule has 2 fully saturated rings. The van der Waals surface area contributed by atoms with Crippen molar-refractivity contribution in [3.8, 4) is 0 Å². The second-order valence-electron chi connectivity index (χ2n) is 7.75. The van der Waals surface area contributed by atoms with Gasteiger partial charge < -0.3 is 14.7 Å². The number of benzene rings is 1. The van der Waals surface area contributed by atoms with Gasteiger partial charge in [-0.3, -0.25) is 14.5 Å². The van der Waals surface area contributed by atoms with Crippen LogP contribution in [-0.4, -0.2) is 72.7 Å². The number of ether oxygens (including phenoxy) is 1. The van der Waals surface area contributed by atoms with Crippen molar-refractivity contribution in [2.45, 2.75) is 37.2 Å². The van der Waals surface area contributed by atoms with Crippen molar-refractivity contribution in [3.05, 3.63) is 35.4 Å². The minimum Gasteiger partial charge on any atom is -0.480 e. The lowest BCUT2D eigenvalue weighted by Crippen LogP contribution is -2.54. The zero-order valence-electron chi connectivity index (χ0n) is 16.0. The van der Waals surface area contributed by atoms with Gasteiger partial charge in [0.25, 0.3) is 0 Å². The van der Waals surface area contributed by atoms with Crippen molar-refractivity contribution in [2.24, 2.45) is 0 Å². The van der Waals surface area contributed by atoms with Crippen LogP contribution in [0.1, 0.15) is 31.2 Å². The Morgan fingerprint density at radius 1 is 1.32 bits per heavy atom. The normalized spacial score (nSPS) is 21.9. The number of hydrogen-bond donors (Lipinski definition) is 1. The number of nitrogens with zero attached hydrogens (tertiary/aromatic N) is 2. The number of aliphatic carboxylic acids is 1. The molecule has 1 atom stereocenters. The van der Waals surface area contributed by atoms with E-state index in [-0.39, 0.29) is 24.1 Å². The summed E-state index contributed by atoms with van der Waals surface area (Å²) in [5.41, 5.74) is -0.699. The lowest BCUT2D eigenvalue weighted by Gasteiger charge is -2.40. The number of hydrogen-bond acceptors (Lipinski definition) is 4. The van der Waals surface area contributed by atoms with Gasteiger partial charge in [0.2, 0.25) is 5.91 Å². The average Bonchev–Trinajstić information content (AvgIpc) is 3.11. The number of carboxylic acids is 1. The molecule has 1 N–H and O–H groups in total. The second-order valence-corrected chi connectivity index (χ2v) is 7.75. The Morgan fingerprint density at radius 3 is 2.68 bits per heavy atom. The molecule has 154 valence electrons. The van der Waals surface area contributed by atoms with Crippen molar-refractivity contribution in [2.75, 3.05) is 39.8 Å². The van der Waals surface area contributed by atoms with Gasteiger partial charge in [-0.15, -0.1) is 0 Å². The van der Waals surface area contributed by atoms with Crippen molar-refractivity contribution in [1.29, 1.82) is 0 Å². The maximum absolute atomic E-state index is 14.5. The van der Waals surface area contributed by atoms with E-state index in [2.05, 4.69) is 0 Å². The number of halogens is 2. The number of carbonyl (C=O) groups is 2. The molecule has 1 saturated carbocycles. The number of carbonyl (C=O) groups excluding carboxylic acids is 1. The van der Waals surface area contributed by atoms with E-state index in [0.717, 1.165) is 18.9 Å². The fourth-order valence-corrected chi connectivity index (χ4v) is 4.41. The Labute approximate surface area is 163 Å². The molecule has 1 amide bonds. The molecule has 1 aliphatic carbocycles. The summed E-state index contributed by atoms with van der Waals surface area (Å²) < 4.78 is 33.6. The largest absolute Gasteiger partial charge is 0.480 e. The summed E-state index contributed by atoms with van der Waals surface area (Å²) in [5, 5.41) is 8.89. The molecule has 28 heavy (non-hydrogen) atoms. The van der Waals surface area contributed by atoms with Crippen LogP contribution in [0.2, 0.25) is 0 Å². The molecule has 1 unspecified atom stereocenters. The number of amides is 1. The standard InChI is InChI=1S/C20H26F2N2O4/c1-23(13-18(25)26)11-15-12-24(8-9-28-15)19(27)20(6-2-3-7-20)16-5-4-14(21)10-17(16)22/h4-5,10,15H,2-3,6-9,11-13H2,1H3,(H,25,26). The molecule has 1 heterocycles. The Balaban J connectivity index is 1.77. The van der Waals surface area contributed by atoms with Gasteiger partial charge in [0.05, 0.1) is 24.7 Å². The maximum Gasteiger partial charge on any atom is 0.317 e. The van der Waals surface area contributed by atoms with Gasteiger partial charge in [-0.1, -0.05) is 18.9 Å². The third-order valence-electron chi connectivity index (χ3n) is 5.66. The minimum absolute atomic E-state index is 0.113. The molecule has 2 aliphatic rings. The molecule has 1 aromatic rings. The van der Waals surface area contributed by atoms with E-state index in [1.54, 1.807) is 16.8 Å². The first-order chi connectivity index (χ1) is 13.3. The Hall–Kier alpha value is -2.06. The maximum atomic E-state index is 14.5. The van der Waals surface area contributed by atoms with Crippen molar-refractivity contribution < 1.29 is 28.2 Å². The molecule has 1 aliphatic heterocycles. The van der Waals surface area contributed by atoms with Crippen LogP contribution in [0.3, 0.4) is 0 Å². The first-order valence-electron chi connectivity index (χ1n) is 9.59. The topological polar surface area (TPSA) is 70.1 Å². The predicted molar refractivity (Wildman–Crippen MR) is 98.0 cm³/mol. The van der Waals surface area contributed by atoms with Crippen LogP contribution in [0, 0.1) is 11.6 Å². The Kier molecular flexibility index (Phi) is 6.30. The highest BCUT2D eigenvalue weighted by Crippen LogP contribution is 2.44. The summed E-state index contributed by atoms with van der Waals surface area (Å²) in [6, 6.07) is 3.44. The molecule has 0 aromatic heterocycles. The van der Waals surface area contributed by atoms with Gasteiger partial charge in [-0.2, -0.15) is 0 Å². The van der Waals surface area contributed by atoms with Gasteiger partial charge in [0, 0.05) is 31.3 Å². The summed E-state index contributed by atoms with van der Waals surface area (Å²) in [7, 11) is 1.69. The van der Waals surface area contributed by atoms with Crippen LogP contribution in [-0.2, 0) is 19.7 Å². The molecule has 0 spiro atoms. The van der Waals surface area contributed by atoms with E-state index in [9.17, 15) is 18.4 Å². The van der Waals surface area contributed by atoms with Gasteiger partial charge in [0.15, 0.2) is 0 Å². The van der Waals surface area contributed by atoms with Gasteiger partial charge in [0.1, 0.15) is 11.6 Å². The SMILES string of the molecule is CN(CC(=O)O)CC1CN(C(=O)C2(c3ccc(F)cc3F)CCCC2)CCO1. The van der Waals surface area contributed by atoms with E-state index in [1.807, 2.05) is 0 Å². The number of morpholine rings is 1. The second kappa shape index (κ2) is 8.53. The molecular weight excluding hydrogens is 370 g/mol. The zero-order valence-corrected chi connectivity index (χ0v) is 16.0. The monoisotopic (exact) mass is 396 g/mol. The average molecular weight is 396 g/mol. The number of carboxylic acid groups (broad SMARTS) is 1. The zero-order chi connectivity index (χ0) is 20.3. The molecular formula is C20H26F2N2O4. The van der Waals surface area contributed by atoms with Gasteiger partial charge >= 0.3 is 5.97 Å². The third-order valence-corrected chi connectivity index (χ3v) is 5.66. The van der Waals surface area contributed by atoms with E-state index >= 15 is 0 Å². The van der Waals surface area contributed by atoms with Crippen molar-refractivity contribution in [1.82, 2.24) is 9.80 Å². The Bertz CT molecular complexity index is 737. The van der Waals surface area contributed by atoms with E-state index in [0.29, 0.717) is 39.1 Å². The highest BCUT2D eigenvalue weighted by Gasteiger charge is 2.47. The molecule has 3 rings (SSSR count). The lowest BCUT2D eigenvalue weighted by atomic mass is 9.77. The van der Waals surface area contributed by atoms with Crippen LogP contribution in [0.5, 0.6) is 0 Å². The fraction of sp³-hybridized carbons (Fsp3) is 0.600. The Morgan fingerprint density at radius 2 is 2.04 bits per heavy atom. The predicted octanol–water partition coefficient (Wildman–Crippen LogP) is 2.02. The summed E-state index contributed by atoms with van der Waals surface area (Å²) in [6.07, 6.45) is 2.40. The van der Waals surface area contributed by atoms with Crippen LogP contribution in [0.25, 0.3) is 0 Å². The third kappa shape index (κ3) is 4.33. The highest BCUT2D eigenvalue weighted by molar-refractivity contribution is 5.89. The van der Waals surface area contributed by atoms with Crippen LogP contribution < -0.4 is 0 Å². The minimum atomic E-state index is -0.966. The highest BCUT2D eigenvalue weighted by atomic mass is 19.1. The summed E-state index contributed by atoms with van der Waals surface area (Å²) >= 11 is 0. The first-order valence-corrected chi connectivity index (χ1v) is 9.59. The summed E-state index contributed by atoms with van der Waals surface area (Å²) in [6.45, 7) is 1.35. The van der Waals surface area contributed by atoms with Crippen LogP contribution >= 0.6 is 0 Å². The first kappa shape index (κ1) is 20.7. The number of rotatable bonds is 6. The summed E-state index contributed by atoms with van der Waals surface area (Å²) in [5.74, 6) is -2.41. The molecule has 0 bridgehead atoms. The van der Waals surface area contributed by atoms with Gasteiger partial charge in [-0.25, -0.2) is 8.78 Å².